The summed E-state index contributed by atoms with van der Waals surface area (Å²) in [4.78, 5) is 23.0. The molecule has 0 unspecified atom stereocenters. The van der Waals surface area contributed by atoms with Crippen molar-refractivity contribution in [1.82, 2.24) is 9.78 Å². The second-order valence-corrected chi connectivity index (χ2v) is 4.38. The van der Waals surface area contributed by atoms with Crippen molar-refractivity contribution in [2.75, 3.05) is 25.6 Å². The zero-order chi connectivity index (χ0) is 14.4. The van der Waals surface area contributed by atoms with Gasteiger partial charge in [-0.3, -0.25) is 9.48 Å². The molecule has 0 aliphatic heterocycles. The first-order valence-electron chi connectivity index (χ1n) is 5.71. The molecular weight excluding hydrogens is 318 g/mol. The number of carbonyl (C=O) groups excluding carboxylic acids is 2. The first kappa shape index (κ1) is 15.6. The molecule has 0 aromatic carbocycles. The predicted molar refractivity (Wildman–Crippen MR) is 72.1 cm³/mol. The minimum atomic E-state index is -0.540. The van der Waals surface area contributed by atoms with Gasteiger partial charge in [0.15, 0.2) is 5.82 Å². The summed E-state index contributed by atoms with van der Waals surface area (Å²) < 4.78 is 11.9. The zero-order valence-corrected chi connectivity index (χ0v) is 12.6. The first-order valence-corrected chi connectivity index (χ1v) is 6.50. The van der Waals surface area contributed by atoms with Gasteiger partial charge in [-0.15, -0.1) is 0 Å². The average molecular weight is 334 g/mol. The predicted octanol–water partition coefficient (Wildman–Crippen LogP) is 1.43. The van der Waals surface area contributed by atoms with Crippen LogP contribution in [0.15, 0.2) is 4.60 Å². The van der Waals surface area contributed by atoms with Crippen molar-refractivity contribution in [3.05, 3.63) is 10.2 Å². The fraction of sp³-hybridized carbons (Fsp3) is 0.545. The third-order valence-corrected chi connectivity index (χ3v) is 2.98. The summed E-state index contributed by atoms with van der Waals surface area (Å²) in [6.07, 6.45) is 0. The Morgan fingerprint density at radius 2 is 2.16 bits per heavy atom. The standard InChI is InChI=1S/C11H16BrN3O4/c1-4-19-11(17)8-9(12)15(5-6-18-3)14-10(8)13-7(2)16/h4-6H2,1-3H3,(H,13,14,16). The first-order chi connectivity index (χ1) is 9.01. The van der Waals surface area contributed by atoms with Gasteiger partial charge >= 0.3 is 5.97 Å². The normalized spacial score (nSPS) is 10.3. The largest absolute Gasteiger partial charge is 0.462 e. The van der Waals surface area contributed by atoms with E-state index in [4.69, 9.17) is 9.47 Å². The van der Waals surface area contributed by atoms with Gasteiger partial charge in [0, 0.05) is 14.0 Å². The van der Waals surface area contributed by atoms with Gasteiger partial charge in [-0.2, -0.15) is 5.10 Å². The Balaban J connectivity index is 3.11. The van der Waals surface area contributed by atoms with Crippen molar-refractivity contribution >= 4 is 33.6 Å². The Labute approximate surface area is 119 Å². The SMILES string of the molecule is CCOC(=O)c1c(NC(C)=O)nn(CCOC)c1Br. The summed E-state index contributed by atoms with van der Waals surface area (Å²) in [5.74, 6) is -0.676. The van der Waals surface area contributed by atoms with Crippen molar-refractivity contribution in [2.24, 2.45) is 0 Å². The minimum Gasteiger partial charge on any atom is -0.462 e. The number of rotatable bonds is 6. The molecule has 8 heteroatoms. The third-order valence-electron chi connectivity index (χ3n) is 2.17. The molecule has 1 amide bonds. The Kier molecular flexibility index (Phi) is 5.97. The molecule has 1 rings (SSSR count). The van der Waals surface area contributed by atoms with E-state index >= 15 is 0 Å². The minimum absolute atomic E-state index is 0.175. The molecule has 0 aliphatic rings. The molecule has 7 nitrogen and oxygen atoms in total. The quantitative estimate of drug-likeness (QED) is 0.796. The number of ether oxygens (including phenoxy) is 2. The number of aromatic nitrogens is 2. The van der Waals surface area contributed by atoms with Gasteiger partial charge < -0.3 is 14.8 Å². The lowest BCUT2D eigenvalue weighted by Crippen LogP contribution is -2.12. The van der Waals surface area contributed by atoms with Gasteiger partial charge in [0.05, 0.1) is 19.8 Å². The molecule has 1 heterocycles. The topological polar surface area (TPSA) is 82.5 Å². The number of nitrogens with one attached hydrogen (secondary N) is 1. The van der Waals surface area contributed by atoms with Gasteiger partial charge in [-0.05, 0) is 22.9 Å². The van der Waals surface area contributed by atoms with Crippen molar-refractivity contribution in [3.63, 3.8) is 0 Å². The molecule has 1 aromatic heterocycles. The molecule has 0 bridgehead atoms. The summed E-state index contributed by atoms with van der Waals surface area (Å²) in [7, 11) is 1.57. The van der Waals surface area contributed by atoms with Crippen LogP contribution in [0.25, 0.3) is 0 Å². The van der Waals surface area contributed by atoms with Gasteiger partial charge in [-0.25, -0.2) is 4.79 Å². The Hall–Kier alpha value is -1.41. The maximum absolute atomic E-state index is 11.9. The van der Waals surface area contributed by atoms with Crippen molar-refractivity contribution < 1.29 is 19.1 Å². The highest BCUT2D eigenvalue weighted by atomic mass is 79.9. The monoisotopic (exact) mass is 333 g/mol. The van der Waals surface area contributed by atoms with E-state index in [1.165, 1.54) is 11.6 Å². The second kappa shape index (κ2) is 7.25. The van der Waals surface area contributed by atoms with Crippen LogP contribution in [0, 0.1) is 0 Å². The van der Waals surface area contributed by atoms with Crippen molar-refractivity contribution in [3.8, 4) is 0 Å². The van der Waals surface area contributed by atoms with Crippen LogP contribution >= 0.6 is 15.9 Å². The lowest BCUT2D eigenvalue weighted by atomic mass is 10.3. The molecule has 0 spiro atoms. The summed E-state index contributed by atoms with van der Waals surface area (Å²) in [5, 5.41) is 6.66. The summed E-state index contributed by atoms with van der Waals surface area (Å²) >= 11 is 3.29. The number of carbonyl (C=O) groups is 2. The van der Waals surface area contributed by atoms with Crippen LogP contribution in [0.1, 0.15) is 24.2 Å². The number of halogens is 1. The van der Waals surface area contributed by atoms with Gasteiger partial charge in [0.25, 0.3) is 0 Å². The highest BCUT2D eigenvalue weighted by Crippen LogP contribution is 2.25. The number of hydrogen-bond donors (Lipinski definition) is 1. The fourth-order valence-electron chi connectivity index (χ4n) is 1.41. The molecule has 1 N–H and O–H groups in total. The smallest absolute Gasteiger partial charge is 0.344 e. The lowest BCUT2D eigenvalue weighted by Gasteiger charge is -2.03. The number of amides is 1. The van der Waals surface area contributed by atoms with E-state index in [2.05, 4.69) is 26.3 Å². The fourth-order valence-corrected chi connectivity index (χ4v) is 2.01. The Morgan fingerprint density at radius 1 is 1.47 bits per heavy atom. The number of methoxy groups -OCH3 is 1. The van der Waals surface area contributed by atoms with Crippen LogP contribution in [-0.4, -0.2) is 42.0 Å². The molecule has 106 valence electrons. The molecule has 1 aromatic rings. The highest BCUT2D eigenvalue weighted by Gasteiger charge is 2.24. The number of hydrogen-bond acceptors (Lipinski definition) is 5. The molecule has 0 saturated carbocycles. The van der Waals surface area contributed by atoms with E-state index < -0.39 is 5.97 Å². The summed E-state index contributed by atoms with van der Waals surface area (Å²) in [6.45, 7) is 4.18. The molecule has 19 heavy (non-hydrogen) atoms. The van der Waals surface area contributed by atoms with Gasteiger partial charge in [-0.1, -0.05) is 0 Å². The third kappa shape index (κ3) is 4.03. The average Bonchev–Trinajstić information content (AvgIpc) is 2.62. The van der Waals surface area contributed by atoms with E-state index in [1.54, 1.807) is 14.0 Å². The maximum Gasteiger partial charge on any atom is 0.344 e. The second-order valence-electron chi connectivity index (χ2n) is 3.63. The zero-order valence-electron chi connectivity index (χ0n) is 11.0. The highest BCUT2D eigenvalue weighted by molar-refractivity contribution is 9.10. The van der Waals surface area contributed by atoms with Crippen molar-refractivity contribution in [1.29, 1.82) is 0 Å². The van der Waals surface area contributed by atoms with E-state index in [0.29, 0.717) is 17.8 Å². The Bertz CT molecular complexity index is 473. The molecule has 0 aliphatic carbocycles. The van der Waals surface area contributed by atoms with E-state index in [9.17, 15) is 9.59 Å². The number of nitrogens with zero attached hydrogens (tertiary/aromatic N) is 2. The molecule has 0 atom stereocenters. The van der Waals surface area contributed by atoms with Crippen LogP contribution < -0.4 is 5.32 Å². The molecule has 0 radical (unpaired) electrons. The molecular formula is C11H16BrN3O4. The van der Waals surface area contributed by atoms with E-state index in [-0.39, 0.29) is 23.9 Å². The van der Waals surface area contributed by atoms with Crippen LogP contribution in [-0.2, 0) is 20.8 Å². The van der Waals surface area contributed by atoms with Gasteiger partial charge in [0.1, 0.15) is 10.2 Å². The van der Waals surface area contributed by atoms with Crippen LogP contribution in [0.4, 0.5) is 5.82 Å². The van der Waals surface area contributed by atoms with E-state index in [0.717, 1.165) is 0 Å². The van der Waals surface area contributed by atoms with Crippen LogP contribution in [0.3, 0.4) is 0 Å². The van der Waals surface area contributed by atoms with Crippen LogP contribution in [0.5, 0.6) is 0 Å². The van der Waals surface area contributed by atoms with Crippen molar-refractivity contribution in [2.45, 2.75) is 20.4 Å². The lowest BCUT2D eigenvalue weighted by molar-refractivity contribution is -0.114. The maximum atomic E-state index is 11.9. The van der Waals surface area contributed by atoms with Gasteiger partial charge in [0.2, 0.25) is 5.91 Å². The summed E-state index contributed by atoms with van der Waals surface area (Å²) in [5.41, 5.74) is 0.202. The molecule has 0 fully saturated rings. The van der Waals surface area contributed by atoms with Crippen LogP contribution in [0.2, 0.25) is 0 Å². The van der Waals surface area contributed by atoms with E-state index in [1.807, 2.05) is 0 Å². The molecule has 0 saturated heterocycles. The Morgan fingerprint density at radius 3 is 2.68 bits per heavy atom. The number of anilines is 1. The number of esters is 1. The summed E-state index contributed by atoms with van der Waals surface area (Å²) in [6, 6.07) is 0.